The molecule has 18 heavy (non-hydrogen) atoms. The summed E-state index contributed by atoms with van der Waals surface area (Å²) in [5.41, 5.74) is -0.390. The molecule has 3 heteroatoms. The van der Waals surface area contributed by atoms with Crippen molar-refractivity contribution in [3.63, 3.8) is 0 Å². The van der Waals surface area contributed by atoms with E-state index < -0.39 is 5.60 Å². The molecule has 3 nitrogen and oxygen atoms in total. The van der Waals surface area contributed by atoms with Gasteiger partial charge in [-0.1, -0.05) is 47.0 Å². The van der Waals surface area contributed by atoms with Crippen LogP contribution in [0.5, 0.6) is 0 Å². The fourth-order valence-electron chi connectivity index (χ4n) is 1.72. The molecule has 1 fully saturated rings. The molecule has 0 atom stereocenters. The van der Waals surface area contributed by atoms with Crippen LogP contribution in [-0.2, 0) is 4.74 Å². The predicted octanol–water partition coefficient (Wildman–Crippen LogP) is 4.90. The number of nitrogens with one attached hydrogen (secondary N) is 1. The Bertz CT molecular complexity index is 191. The van der Waals surface area contributed by atoms with E-state index in [2.05, 4.69) is 5.32 Å². The smallest absolute Gasteiger partial charge is 0.407 e. The lowest BCUT2D eigenvalue weighted by atomic mass is 9.96. The number of rotatable bonds is 1. The van der Waals surface area contributed by atoms with Gasteiger partial charge < -0.3 is 10.1 Å². The van der Waals surface area contributed by atoms with Crippen molar-refractivity contribution in [2.45, 2.75) is 92.2 Å². The fraction of sp³-hybridized carbons (Fsp3) is 0.933. The second-order valence-electron chi connectivity index (χ2n) is 4.98. The molecule has 0 radical (unpaired) electrons. The molecule has 0 bridgehead atoms. The van der Waals surface area contributed by atoms with Crippen LogP contribution in [0.3, 0.4) is 0 Å². The molecule has 0 aliphatic heterocycles. The molecule has 1 N–H and O–H groups in total. The summed E-state index contributed by atoms with van der Waals surface area (Å²) in [6.45, 7) is 13.6. The van der Waals surface area contributed by atoms with E-state index in [0.29, 0.717) is 6.04 Å². The van der Waals surface area contributed by atoms with Crippen molar-refractivity contribution in [2.24, 2.45) is 0 Å². The van der Waals surface area contributed by atoms with E-state index in [9.17, 15) is 4.79 Å². The zero-order chi connectivity index (χ0) is 14.6. The van der Waals surface area contributed by atoms with Crippen LogP contribution in [0, 0.1) is 0 Å². The summed E-state index contributed by atoms with van der Waals surface area (Å²) in [6.07, 6.45) is 5.66. The van der Waals surface area contributed by atoms with Crippen LogP contribution in [0.2, 0.25) is 0 Å². The first kappa shape index (κ1) is 19.6. The van der Waals surface area contributed by atoms with Crippen molar-refractivity contribution < 1.29 is 9.53 Å². The quantitative estimate of drug-likeness (QED) is 0.727. The first-order valence-electron chi connectivity index (χ1n) is 7.47. The van der Waals surface area contributed by atoms with Crippen LogP contribution < -0.4 is 5.32 Å². The molecular weight excluding hydrogens is 226 g/mol. The van der Waals surface area contributed by atoms with Gasteiger partial charge in [0.1, 0.15) is 5.60 Å². The second kappa shape index (κ2) is 11.4. The minimum absolute atomic E-state index is 0.274. The highest BCUT2D eigenvalue weighted by atomic mass is 16.6. The van der Waals surface area contributed by atoms with Crippen molar-refractivity contribution in [2.75, 3.05) is 0 Å². The van der Waals surface area contributed by atoms with Crippen LogP contribution in [0.25, 0.3) is 0 Å². The average Bonchev–Trinajstić information content (AvgIpc) is 2.33. The summed E-state index contributed by atoms with van der Waals surface area (Å²) in [7, 11) is 0. The number of ether oxygens (including phenoxy) is 1. The van der Waals surface area contributed by atoms with Gasteiger partial charge in [0.2, 0.25) is 0 Å². The number of carbonyl (C=O) groups is 1. The van der Waals surface area contributed by atoms with Crippen LogP contribution in [0.1, 0.15) is 80.6 Å². The molecule has 1 aliphatic rings. The number of alkyl carbamates (subject to hydrolysis) is 1. The van der Waals surface area contributed by atoms with Gasteiger partial charge in [-0.05, 0) is 33.6 Å². The van der Waals surface area contributed by atoms with Gasteiger partial charge >= 0.3 is 6.09 Å². The zero-order valence-corrected chi connectivity index (χ0v) is 13.4. The van der Waals surface area contributed by atoms with Gasteiger partial charge in [0.25, 0.3) is 0 Å². The molecule has 0 heterocycles. The Kier molecular flexibility index (Phi) is 12.4. The first-order chi connectivity index (χ1) is 8.47. The summed E-state index contributed by atoms with van der Waals surface area (Å²) >= 11 is 0. The Hall–Kier alpha value is -0.730. The predicted molar refractivity (Wildman–Crippen MR) is 78.9 cm³/mol. The molecular formula is C15H33NO2. The van der Waals surface area contributed by atoms with Crippen molar-refractivity contribution in [3.05, 3.63) is 0 Å². The summed E-state index contributed by atoms with van der Waals surface area (Å²) in [6, 6.07) is 0.332. The largest absolute Gasteiger partial charge is 0.444 e. The Labute approximate surface area is 114 Å². The fourth-order valence-corrected chi connectivity index (χ4v) is 1.72. The van der Waals surface area contributed by atoms with Crippen molar-refractivity contribution >= 4 is 6.09 Å². The minimum atomic E-state index is -0.390. The Morgan fingerprint density at radius 1 is 1.00 bits per heavy atom. The number of hydrogen-bond donors (Lipinski definition) is 1. The molecule has 1 rings (SSSR count). The van der Waals surface area contributed by atoms with Crippen LogP contribution in [0.15, 0.2) is 0 Å². The maximum Gasteiger partial charge on any atom is 0.407 e. The lowest BCUT2D eigenvalue weighted by molar-refractivity contribution is 0.0493. The molecule has 0 aromatic heterocycles. The van der Waals surface area contributed by atoms with Crippen LogP contribution in [0.4, 0.5) is 4.79 Å². The molecule has 1 amide bonds. The van der Waals surface area contributed by atoms with Gasteiger partial charge in [-0.3, -0.25) is 0 Å². The molecule has 0 unspecified atom stereocenters. The Morgan fingerprint density at radius 2 is 1.44 bits per heavy atom. The third-order valence-electron chi connectivity index (χ3n) is 2.33. The maximum atomic E-state index is 11.4. The third kappa shape index (κ3) is 11.7. The maximum absolute atomic E-state index is 11.4. The van der Waals surface area contributed by atoms with E-state index in [-0.39, 0.29) is 6.09 Å². The van der Waals surface area contributed by atoms with Crippen molar-refractivity contribution in [1.29, 1.82) is 0 Å². The SMILES string of the molecule is CC.CC.CC(C)(C)OC(=O)NC1CCCCC1. The average molecular weight is 259 g/mol. The molecule has 1 saturated carbocycles. The molecule has 0 aromatic rings. The zero-order valence-electron chi connectivity index (χ0n) is 13.4. The van der Waals surface area contributed by atoms with Gasteiger partial charge in [-0.25, -0.2) is 4.79 Å². The normalized spacial score (nSPS) is 15.5. The van der Waals surface area contributed by atoms with E-state index in [0.717, 1.165) is 12.8 Å². The Morgan fingerprint density at radius 3 is 1.83 bits per heavy atom. The molecule has 0 saturated heterocycles. The highest BCUT2D eigenvalue weighted by molar-refractivity contribution is 5.68. The highest BCUT2D eigenvalue weighted by Gasteiger charge is 2.20. The van der Waals surface area contributed by atoms with Gasteiger partial charge in [0.05, 0.1) is 0 Å². The molecule has 0 spiro atoms. The summed E-state index contributed by atoms with van der Waals surface area (Å²) in [5, 5.41) is 2.91. The van der Waals surface area contributed by atoms with E-state index >= 15 is 0 Å². The number of hydrogen-bond acceptors (Lipinski definition) is 2. The highest BCUT2D eigenvalue weighted by Crippen LogP contribution is 2.18. The monoisotopic (exact) mass is 259 g/mol. The molecule has 1 aliphatic carbocycles. The van der Waals surface area contributed by atoms with E-state index in [1.807, 2.05) is 48.5 Å². The topological polar surface area (TPSA) is 38.3 Å². The van der Waals surface area contributed by atoms with Gasteiger partial charge in [0, 0.05) is 6.04 Å². The van der Waals surface area contributed by atoms with E-state index in [1.54, 1.807) is 0 Å². The minimum Gasteiger partial charge on any atom is -0.444 e. The van der Waals surface area contributed by atoms with Gasteiger partial charge in [0.15, 0.2) is 0 Å². The van der Waals surface area contributed by atoms with Gasteiger partial charge in [-0.2, -0.15) is 0 Å². The summed E-state index contributed by atoms with van der Waals surface area (Å²) < 4.78 is 5.19. The van der Waals surface area contributed by atoms with Crippen LogP contribution >= 0.6 is 0 Å². The standard InChI is InChI=1S/C11H21NO2.2C2H6/c1-11(2,3)14-10(13)12-9-7-5-4-6-8-9;2*1-2/h9H,4-8H2,1-3H3,(H,12,13);2*1-2H3. The second-order valence-corrected chi connectivity index (χ2v) is 4.98. The van der Waals surface area contributed by atoms with Crippen molar-refractivity contribution in [1.82, 2.24) is 5.32 Å². The summed E-state index contributed by atoms with van der Waals surface area (Å²) in [4.78, 5) is 11.4. The van der Waals surface area contributed by atoms with E-state index in [1.165, 1.54) is 19.3 Å². The first-order valence-corrected chi connectivity index (χ1v) is 7.47. The number of carbonyl (C=O) groups excluding carboxylic acids is 1. The van der Waals surface area contributed by atoms with E-state index in [4.69, 9.17) is 4.74 Å². The lowest BCUT2D eigenvalue weighted by Crippen LogP contribution is -2.39. The molecule has 110 valence electrons. The molecule has 0 aromatic carbocycles. The Balaban J connectivity index is 0. The van der Waals surface area contributed by atoms with Crippen molar-refractivity contribution in [3.8, 4) is 0 Å². The van der Waals surface area contributed by atoms with Gasteiger partial charge in [-0.15, -0.1) is 0 Å². The number of amides is 1. The summed E-state index contributed by atoms with van der Waals surface area (Å²) in [5.74, 6) is 0. The third-order valence-corrected chi connectivity index (χ3v) is 2.33. The lowest BCUT2D eigenvalue weighted by Gasteiger charge is -2.25. The van der Waals surface area contributed by atoms with Crippen LogP contribution in [-0.4, -0.2) is 17.7 Å².